The molecule has 0 saturated carbocycles. The molecular weight excluding hydrogens is 640 g/mol. The number of ether oxygens (including phenoxy) is 1. The van der Waals surface area contributed by atoms with Crippen LogP contribution in [0.5, 0.6) is 0 Å². The van der Waals surface area contributed by atoms with Gasteiger partial charge in [0, 0.05) is 19.2 Å². The molecule has 0 aliphatic carbocycles. The molecule has 9 heteroatoms. The second-order valence-electron chi connectivity index (χ2n) is 15.7. The number of likely N-dealkylation sites (N-methyl/N-ethyl adjacent to an activating group) is 2. The third-order valence-electron chi connectivity index (χ3n) is 10.8. The minimum absolute atomic E-state index is 0.00677. The fraction of sp³-hybridized carbons (Fsp3) is 0.714. The van der Waals surface area contributed by atoms with Crippen molar-refractivity contribution in [3.63, 3.8) is 0 Å². The summed E-state index contributed by atoms with van der Waals surface area (Å²) in [6.45, 7) is 13.3. The molecule has 1 unspecified atom stereocenters. The average molecular weight is 709 g/mol. The van der Waals surface area contributed by atoms with E-state index in [1.807, 2.05) is 71.2 Å². The first-order chi connectivity index (χ1) is 24.4. The standard InChI is InChI=1S/C42H68N4O5/c1-9-10-11-12-13-14-18-26-37(33-22-16-15-17-23-33)51-42(50)35-25-21-28-46(35)40(48)32(6)29-36(30(2)3)45(8)41(49)38(31(4)5)43-39(47)34-24-19-20-27-44(34)7/h15-17,22-23,29-31,34-38H,9-14,18-21,24-28H2,1-8H3,(H,43,47)/t34?,35-,36+,37+,38-/m0/s1. The summed E-state index contributed by atoms with van der Waals surface area (Å²) in [5.74, 6) is -0.950. The van der Waals surface area contributed by atoms with Crippen molar-refractivity contribution in [3.05, 3.63) is 47.5 Å². The van der Waals surface area contributed by atoms with Gasteiger partial charge in [-0.2, -0.15) is 0 Å². The predicted molar refractivity (Wildman–Crippen MR) is 205 cm³/mol. The van der Waals surface area contributed by atoms with Gasteiger partial charge in [0.2, 0.25) is 17.7 Å². The summed E-state index contributed by atoms with van der Waals surface area (Å²) >= 11 is 0. The third-order valence-corrected chi connectivity index (χ3v) is 10.8. The maximum absolute atomic E-state index is 14.0. The zero-order valence-electron chi connectivity index (χ0n) is 33.0. The van der Waals surface area contributed by atoms with E-state index in [0.29, 0.717) is 18.5 Å². The molecule has 286 valence electrons. The van der Waals surface area contributed by atoms with Crippen molar-refractivity contribution < 1.29 is 23.9 Å². The van der Waals surface area contributed by atoms with Crippen molar-refractivity contribution in [2.24, 2.45) is 11.8 Å². The Hall–Kier alpha value is -3.20. The number of benzene rings is 1. The lowest BCUT2D eigenvalue weighted by Gasteiger charge is -2.36. The number of likely N-dealkylation sites (tertiary alicyclic amines) is 2. The molecule has 0 bridgehead atoms. The molecule has 2 fully saturated rings. The first kappa shape index (κ1) is 42.2. The molecule has 1 aromatic carbocycles. The van der Waals surface area contributed by atoms with Crippen molar-refractivity contribution in [3.8, 4) is 0 Å². The summed E-state index contributed by atoms with van der Waals surface area (Å²) in [6.07, 6.45) is 14.7. The van der Waals surface area contributed by atoms with Gasteiger partial charge in [-0.15, -0.1) is 0 Å². The Balaban J connectivity index is 1.69. The van der Waals surface area contributed by atoms with E-state index in [-0.39, 0.29) is 53.7 Å². The highest BCUT2D eigenvalue weighted by atomic mass is 16.5. The number of amides is 3. The van der Waals surface area contributed by atoms with Crippen molar-refractivity contribution in [1.82, 2.24) is 20.0 Å². The highest BCUT2D eigenvalue weighted by Gasteiger charge is 2.38. The topological polar surface area (TPSA) is 99.3 Å². The van der Waals surface area contributed by atoms with Gasteiger partial charge in [0.1, 0.15) is 18.2 Å². The highest BCUT2D eigenvalue weighted by Crippen LogP contribution is 2.29. The Morgan fingerprint density at radius 1 is 0.882 bits per heavy atom. The summed E-state index contributed by atoms with van der Waals surface area (Å²) in [6, 6.07) is 8.00. The van der Waals surface area contributed by atoms with Crippen LogP contribution >= 0.6 is 0 Å². The van der Waals surface area contributed by atoms with Crippen LogP contribution in [0.25, 0.3) is 0 Å². The second kappa shape index (κ2) is 21.4. The molecule has 1 N–H and O–H groups in total. The lowest BCUT2D eigenvalue weighted by molar-refractivity contribution is -0.158. The maximum atomic E-state index is 14.0. The third kappa shape index (κ3) is 12.5. The minimum atomic E-state index is -0.681. The van der Waals surface area contributed by atoms with E-state index >= 15 is 0 Å². The number of carbonyl (C=O) groups is 4. The van der Waals surface area contributed by atoms with Gasteiger partial charge >= 0.3 is 5.97 Å². The number of nitrogens with zero attached hydrogens (tertiary/aromatic N) is 3. The summed E-state index contributed by atoms with van der Waals surface area (Å²) in [5, 5.41) is 3.06. The second-order valence-corrected chi connectivity index (χ2v) is 15.7. The van der Waals surface area contributed by atoms with E-state index in [9.17, 15) is 19.2 Å². The van der Waals surface area contributed by atoms with Gasteiger partial charge in [0.05, 0.1) is 12.1 Å². The van der Waals surface area contributed by atoms with Crippen molar-refractivity contribution in [2.75, 3.05) is 27.2 Å². The smallest absolute Gasteiger partial charge is 0.329 e. The van der Waals surface area contributed by atoms with Crippen LogP contribution in [0.1, 0.15) is 137 Å². The number of carbonyl (C=O) groups excluding carboxylic acids is 4. The van der Waals surface area contributed by atoms with E-state index in [0.717, 1.165) is 57.1 Å². The van der Waals surface area contributed by atoms with Crippen LogP contribution in [-0.4, -0.2) is 89.7 Å². The Morgan fingerprint density at radius 2 is 1.53 bits per heavy atom. The normalized spacial score (nSPS) is 20.3. The fourth-order valence-corrected chi connectivity index (χ4v) is 7.56. The Morgan fingerprint density at radius 3 is 2.16 bits per heavy atom. The molecule has 3 amide bonds. The molecule has 5 atom stereocenters. The molecule has 1 aromatic rings. The largest absolute Gasteiger partial charge is 0.456 e. The summed E-state index contributed by atoms with van der Waals surface area (Å²) < 4.78 is 6.20. The minimum Gasteiger partial charge on any atom is -0.456 e. The Labute approximate surface area is 308 Å². The molecule has 9 nitrogen and oxygen atoms in total. The first-order valence-electron chi connectivity index (χ1n) is 19.9. The Bertz CT molecular complexity index is 1280. The van der Waals surface area contributed by atoms with Crippen molar-refractivity contribution in [2.45, 2.75) is 155 Å². The van der Waals surface area contributed by atoms with Crippen LogP contribution in [0, 0.1) is 11.8 Å². The lowest BCUT2D eigenvalue weighted by atomic mass is 9.96. The van der Waals surface area contributed by atoms with Gasteiger partial charge in [-0.1, -0.05) is 116 Å². The average Bonchev–Trinajstić information content (AvgIpc) is 3.61. The number of piperidine rings is 1. The van der Waals surface area contributed by atoms with Gasteiger partial charge in [-0.05, 0) is 76.4 Å². The molecule has 2 aliphatic rings. The van der Waals surface area contributed by atoms with Gasteiger partial charge in [0.25, 0.3) is 0 Å². The van der Waals surface area contributed by atoms with Crippen LogP contribution in [0.15, 0.2) is 42.0 Å². The van der Waals surface area contributed by atoms with Crippen LogP contribution < -0.4 is 5.32 Å². The van der Waals surface area contributed by atoms with Gasteiger partial charge in [-0.3, -0.25) is 19.3 Å². The van der Waals surface area contributed by atoms with E-state index in [4.69, 9.17) is 4.74 Å². The quantitative estimate of drug-likeness (QED) is 0.0911. The summed E-state index contributed by atoms with van der Waals surface area (Å²) in [5.41, 5.74) is 1.47. The van der Waals surface area contributed by atoms with E-state index in [2.05, 4.69) is 17.1 Å². The zero-order valence-corrected chi connectivity index (χ0v) is 33.0. The van der Waals surface area contributed by atoms with E-state index in [1.54, 1.807) is 23.8 Å². The van der Waals surface area contributed by atoms with Gasteiger partial charge < -0.3 is 19.9 Å². The molecular formula is C42H68N4O5. The van der Waals surface area contributed by atoms with Crippen molar-refractivity contribution in [1.29, 1.82) is 0 Å². The molecule has 0 spiro atoms. The molecule has 0 aromatic heterocycles. The SMILES string of the molecule is CCCCCCCCC[C@@H](OC(=O)[C@@H]1CCCN1C(=O)C(C)=C[C@H](C(C)C)N(C)C(=O)[C@@H](NC(=O)C1CCCCN1C)C(C)C)c1ccccc1. The van der Waals surface area contributed by atoms with Crippen LogP contribution in [0.2, 0.25) is 0 Å². The number of nitrogens with one attached hydrogen (secondary N) is 1. The van der Waals surface area contributed by atoms with Crippen LogP contribution in [0.3, 0.4) is 0 Å². The highest BCUT2D eigenvalue weighted by molar-refractivity contribution is 5.96. The monoisotopic (exact) mass is 709 g/mol. The molecule has 0 radical (unpaired) electrons. The Kier molecular flexibility index (Phi) is 17.7. The fourth-order valence-electron chi connectivity index (χ4n) is 7.56. The van der Waals surface area contributed by atoms with Gasteiger partial charge in [0.15, 0.2) is 0 Å². The van der Waals surface area contributed by atoms with Crippen LogP contribution in [-0.2, 0) is 23.9 Å². The zero-order chi connectivity index (χ0) is 37.5. The van der Waals surface area contributed by atoms with E-state index < -0.39 is 12.1 Å². The molecule has 2 saturated heterocycles. The first-order valence-corrected chi connectivity index (χ1v) is 19.9. The number of rotatable bonds is 19. The molecule has 51 heavy (non-hydrogen) atoms. The summed E-state index contributed by atoms with van der Waals surface area (Å²) in [7, 11) is 3.71. The van der Waals surface area contributed by atoms with Gasteiger partial charge in [-0.25, -0.2) is 4.79 Å². The summed E-state index contributed by atoms with van der Waals surface area (Å²) in [4.78, 5) is 60.3. The van der Waals surface area contributed by atoms with Crippen LogP contribution in [0.4, 0.5) is 0 Å². The van der Waals surface area contributed by atoms with Crippen molar-refractivity contribution >= 4 is 23.7 Å². The number of hydrogen-bond donors (Lipinski definition) is 1. The lowest BCUT2D eigenvalue weighted by Crippen LogP contribution is -2.57. The maximum Gasteiger partial charge on any atom is 0.329 e. The number of esters is 1. The number of unbranched alkanes of at least 4 members (excludes halogenated alkanes) is 6. The molecule has 2 aliphatic heterocycles. The number of hydrogen-bond acceptors (Lipinski definition) is 6. The molecule has 2 heterocycles. The molecule has 3 rings (SSSR count). The predicted octanol–water partition coefficient (Wildman–Crippen LogP) is 7.46. The van der Waals surface area contributed by atoms with E-state index in [1.165, 1.54) is 32.1 Å².